The molecule has 1 fully saturated rings. The van der Waals surface area contributed by atoms with E-state index < -0.39 is 6.10 Å². The summed E-state index contributed by atoms with van der Waals surface area (Å²) in [7, 11) is 0. The first kappa shape index (κ1) is 15.0. The first-order valence-electron chi connectivity index (χ1n) is 7.03. The van der Waals surface area contributed by atoms with Crippen LogP contribution in [0, 0.1) is 0 Å². The lowest BCUT2D eigenvalue weighted by atomic mass is 10.2. The molecule has 0 radical (unpaired) electrons. The highest BCUT2D eigenvalue weighted by atomic mass is 16.6. The van der Waals surface area contributed by atoms with Gasteiger partial charge in [0, 0.05) is 13.1 Å². The summed E-state index contributed by atoms with van der Waals surface area (Å²) in [4.78, 5) is 14.3. The minimum Gasteiger partial charge on any atom is -0.376 e. The number of carbonyl (C=O) groups excluding carboxylic acids is 1. The lowest BCUT2D eigenvalue weighted by Gasteiger charge is -2.29. The monoisotopic (exact) mass is 278 g/mol. The van der Waals surface area contributed by atoms with Crippen molar-refractivity contribution in [3.63, 3.8) is 0 Å². The number of hydrogen-bond donors (Lipinski definition) is 1. The molecule has 1 heterocycles. The van der Waals surface area contributed by atoms with Crippen LogP contribution >= 0.6 is 0 Å². The topological polar surface area (TPSA) is 64.8 Å². The first-order valence-corrected chi connectivity index (χ1v) is 7.03. The maximum Gasteiger partial charge on any atom is 0.254 e. The molecule has 1 unspecified atom stereocenters. The van der Waals surface area contributed by atoms with Crippen LogP contribution in [0.15, 0.2) is 30.3 Å². The fourth-order valence-corrected chi connectivity index (χ4v) is 2.19. The molecule has 0 bridgehead atoms. The van der Waals surface area contributed by atoms with E-state index in [9.17, 15) is 4.79 Å². The lowest BCUT2D eigenvalue weighted by molar-refractivity contribution is -0.158. The third-order valence-electron chi connectivity index (χ3n) is 3.25. The highest BCUT2D eigenvalue weighted by molar-refractivity contribution is 5.81. The van der Waals surface area contributed by atoms with Gasteiger partial charge in [-0.25, -0.2) is 0 Å². The molecule has 1 aromatic carbocycles. The fraction of sp³-hybridized carbons (Fsp3) is 0.533. The van der Waals surface area contributed by atoms with Gasteiger partial charge in [0.25, 0.3) is 5.91 Å². The molecule has 0 spiro atoms. The number of carbonyl (C=O) groups is 1. The van der Waals surface area contributed by atoms with Gasteiger partial charge in [-0.2, -0.15) is 0 Å². The van der Waals surface area contributed by atoms with Gasteiger partial charge in [-0.15, -0.1) is 0 Å². The van der Waals surface area contributed by atoms with Crippen molar-refractivity contribution in [3.8, 4) is 0 Å². The zero-order chi connectivity index (χ0) is 14.2. The molecule has 0 aliphatic carbocycles. The number of nitrogens with two attached hydrogens (primary N) is 1. The minimum absolute atomic E-state index is 0.0120. The molecule has 5 heteroatoms. The SMILES string of the molecule is NCCCN(Cc1ccccc1)C(=O)C1COCCO1. The normalized spacial score (nSPS) is 18.8. The Morgan fingerprint density at radius 2 is 2.10 bits per heavy atom. The predicted molar refractivity (Wildman–Crippen MR) is 76.1 cm³/mol. The van der Waals surface area contributed by atoms with Gasteiger partial charge < -0.3 is 20.1 Å². The molecule has 1 aliphatic heterocycles. The molecule has 1 saturated heterocycles. The molecule has 1 atom stereocenters. The third kappa shape index (κ3) is 4.30. The Hall–Kier alpha value is -1.43. The Balaban J connectivity index is 2.00. The smallest absolute Gasteiger partial charge is 0.254 e. The Kier molecular flexibility index (Phi) is 5.98. The second kappa shape index (κ2) is 7.99. The van der Waals surface area contributed by atoms with Crippen molar-refractivity contribution in [2.24, 2.45) is 5.73 Å². The average Bonchev–Trinajstić information content (AvgIpc) is 2.52. The highest BCUT2D eigenvalue weighted by Gasteiger charge is 2.27. The average molecular weight is 278 g/mol. The van der Waals surface area contributed by atoms with Gasteiger partial charge in [-0.05, 0) is 18.5 Å². The molecule has 5 nitrogen and oxygen atoms in total. The molecule has 2 N–H and O–H groups in total. The van der Waals surface area contributed by atoms with Crippen LogP contribution in [0.25, 0.3) is 0 Å². The summed E-state index contributed by atoms with van der Waals surface area (Å²) in [5.74, 6) is -0.0120. The molecule has 1 aromatic rings. The Labute approximate surface area is 119 Å². The van der Waals surface area contributed by atoms with Crippen molar-refractivity contribution < 1.29 is 14.3 Å². The summed E-state index contributed by atoms with van der Waals surface area (Å²) >= 11 is 0. The number of amides is 1. The van der Waals surface area contributed by atoms with Crippen molar-refractivity contribution in [1.29, 1.82) is 0 Å². The van der Waals surface area contributed by atoms with E-state index in [1.54, 1.807) is 0 Å². The quantitative estimate of drug-likeness (QED) is 0.835. The van der Waals surface area contributed by atoms with Crippen molar-refractivity contribution in [3.05, 3.63) is 35.9 Å². The van der Waals surface area contributed by atoms with Crippen LogP contribution in [-0.4, -0.2) is 49.8 Å². The lowest BCUT2D eigenvalue weighted by Crippen LogP contribution is -2.45. The number of hydrogen-bond acceptors (Lipinski definition) is 4. The maximum atomic E-state index is 12.5. The van der Waals surface area contributed by atoms with E-state index in [0.29, 0.717) is 39.5 Å². The number of nitrogens with zero attached hydrogens (tertiary/aromatic N) is 1. The standard InChI is InChI=1S/C15H22N2O3/c16-7-4-8-17(11-13-5-2-1-3-6-13)15(18)14-12-19-9-10-20-14/h1-3,5-6,14H,4,7-12,16H2. The van der Waals surface area contributed by atoms with Gasteiger partial charge in [0.05, 0.1) is 19.8 Å². The van der Waals surface area contributed by atoms with Crippen molar-refractivity contribution in [2.75, 3.05) is 32.9 Å². The second-order valence-corrected chi connectivity index (χ2v) is 4.82. The van der Waals surface area contributed by atoms with Crippen molar-refractivity contribution >= 4 is 5.91 Å². The summed E-state index contributed by atoms with van der Waals surface area (Å²) < 4.78 is 10.8. The summed E-state index contributed by atoms with van der Waals surface area (Å²) in [6.07, 6.45) is 0.303. The van der Waals surface area contributed by atoms with E-state index in [-0.39, 0.29) is 5.91 Å². The van der Waals surface area contributed by atoms with E-state index >= 15 is 0 Å². The van der Waals surface area contributed by atoms with Gasteiger partial charge in [-0.1, -0.05) is 30.3 Å². The van der Waals surface area contributed by atoms with Crippen LogP contribution in [0.2, 0.25) is 0 Å². The van der Waals surface area contributed by atoms with Crippen LogP contribution in [0.3, 0.4) is 0 Å². The van der Waals surface area contributed by atoms with Crippen LogP contribution in [-0.2, 0) is 20.8 Å². The van der Waals surface area contributed by atoms with E-state index in [2.05, 4.69) is 0 Å². The largest absolute Gasteiger partial charge is 0.376 e. The minimum atomic E-state index is -0.481. The van der Waals surface area contributed by atoms with E-state index in [4.69, 9.17) is 15.2 Å². The first-order chi connectivity index (χ1) is 9.81. The fourth-order valence-electron chi connectivity index (χ4n) is 2.19. The summed E-state index contributed by atoms with van der Waals surface area (Å²) in [6, 6.07) is 9.94. The van der Waals surface area contributed by atoms with Crippen LogP contribution in [0.4, 0.5) is 0 Å². The summed E-state index contributed by atoms with van der Waals surface area (Å²) in [5, 5.41) is 0. The highest BCUT2D eigenvalue weighted by Crippen LogP contribution is 2.10. The Morgan fingerprint density at radius 1 is 1.30 bits per heavy atom. The molecule has 1 amide bonds. The maximum absolute atomic E-state index is 12.5. The zero-order valence-electron chi connectivity index (χ0n) is 11.7. The third-order valence-corrected chi connectivity index (χ3v) is 3.25. The van der Waals surface area contributed by atoms with Gasteiger partial charge in [-0.3, -0.25) is 4.79 Å². The zero-order valence-corrected chi connectivity index (χ0v) is 11.7. The van der Waals surface area contributed by atoms with Crippen LogP contribution in [0.5, 0.6) is 0 Å². The van der Waals surface area contributed by atoms with E-state index in [1.807, 2.05) is 35.2 Å². The summed E-state index contributed by atoms with van der Waals surface area (Å²) in [6.45, 7) is 3.18. The molecule has 0 aromatic heterocycles. The van der Waals surface area contributed by atoms with E-state index in [0.717, 1.165) is 12.0 Å². The second-order valence-electron chi connectivity index (χ2n) is 4.82. The van der Waals surface area contributed by atoms with E-state index in [1.165, 1.54) is 0 Å². The van der Waals surface area contributed by atoms with Crippen molar-refractivity contribution in [2.45, 2.75) is 19.1 Å². The molecule has 20 heavy (non-hydrogen) atoms. The van der Waals surface area contributed by atoms with Crippen LogP contribution in [0.1, 0.15) is 12.0 Å². The van der Waals surface area contributed by atoms with Gasteiger partial charge in [0.15, 0.2) is 6.10 Å². The van der Waals surface area contributed by atoms with Crippen molar-refractivity contribution in [1.82, 2.24) is 4.90 Å². The molecule has 1 aliphatic rings. The van der Waals surface area contributed by atoms with Gasteiger partial charge in [0.1, 0.15) is 0 Å². The number of benzene rings is 1. The predicted octanol–water partition coefficient (Wildman–Crippen LogP) is 0.779. The Morgan fingerprint density at radius 3 is 2.75 bits per heavy atom. The van der Waals surface area contributed by atoms with Gasteiger partial charge >= 0.3 is 0 Å². The molecule has 2 rings (SSSR count). The van der Waals surface area contributed by atoms with Crippen LogP contribution < -0.4 is 5.73 Å². The number of ether oxygens (including phenoxy) is 2. The molecule has 110 valence electrons. The number of rotatable bonds is 6. The van der Waals surface area contributed by atoms with Gasteiger partial charge in [0.2, 0.25) is 0 Å². The molecule has 0 saturated carbocycles. The summed E-state index contributed by atoms with van der Waals surface area (Å²) in [5.41, 5.74) is 6.66. The molecular formula is C15H22N2O3. The Bertz CT molecular complexity index is 405. The molecular weight excluding hydrogens is 256 g/mol.